The van der Waals surface area contributed by atoms with Crippen molar-refractivity contribution >= 4 is 52.5 Å². The van der Waals surface area contributed by atoms with Gasteiger partial charge in [-0.3, -0.25) is 24.0 Å². The van der Waals surface area contributed by atoms with Crippen molar-refractivity contribution in [3.8, 4) is 10.4 Å². The number of rotatable bonds is 19. The highest BCUT2D eigenvalue weighted by Crippen LogP contribution is 2.29. The minimum atomic E-state index is -1.06. The maximum Gasteiger partial charge on any atom is 0.408 e. The number of aromatic nitrogens is 1. The lowest BCUT2D eigenvalue weighted by Crippen LogP contribution is -2.57. The zero-order valence-corrected chi connectivity index (χ0v) is 37.4. The molecule has 0 saturated carbocycles. The number of carbonyl (C=O) groups is 6. The number of ketones is 1. The van der Waals surface area contributed by atoms with Crippen molar-refractivity contribution in [1.29, 1.82) is 0 Å². The average molecular weight is 862 g/mol. The van der Waals surface area contributed by atoms with E-state index >= 15 is 0 Å². The molecule has 1 aromatic heterocycles. The Morgan fingerprint density at radius 3 is 2.31 bits per heavy atom. The molecule has 3 aromatic rings. The van der Waals surface area contributed by atoms with E-state index in [1.54, 1.807) is 50.3 Å². The summed E-state index contributed by atoms with van der Waals surface area (Å²) in [7, 11) is 0. The van der Waals surface area contributed by atoms with Gasteiger partial charge >= 0.3 is 6.09 Å². The fourth-order valence-corrected chi connectivity index (χ4v) is 7.87. The second kappa shape index (κ2) is 21.6. The number of unbranched alkanes of at least 4 members (excludes halogenated alkanes) is 1. The molecule has 0 aliphatic carbocycles. The Morgan fingerprint density at radius 2 is 1.69 bits per heavy atom. The first-order chi connectivity index (χ1) is 28.6. The van der Waals surface area contributed by atoms with E-state index in [0.717, 1.165) is 27.3 Å². The Balaban J connectivity index is 1.28. The van der Waals surface area contributed by atoms with Gasteiger partial charge in [-0.25, -0.2) is 9.78 Å². The number of carbonyl (C=O) groups excluding carboxylic acids is 6. The van der Waals surface area contributed by atoms with Crippen LogP contribution in [0.4, 0.5) is 10.5 Å². The largest absolute Gasteiger partial charge is 0.444 e. The summed E-state index contributed by atoms with van der Waals surface area (Å²) in [5.41, 5.74) is 10.1. The van der Waals surface area contributed by atoms with Crippen LogP contribution >= 0.6 is 11.3 Å². The Bertz CT molecular complexity index is 2010. The molecule has 7 N–H and O–H groups in total. The molecule has 2 aromatic carbocycles. The van der Waals surface area contributed by atoms with Crippen LogP contribution in [0, 0.1) is 12.3 Å². The van der Waals surface area contributed by atoms with Crippen LogP contribution in [0.1, 0.15) is 110 Å². The third-order valence-electron chi connectivity index (χ3n) is 10.4. The monoisotopic (exact) mass is 861 g/mol. The Labute approximate surface area is 363 Å². The molecular weight excluding hydrogens is 799 g/mol. The summed E-state index contributed by atoms with van der Waals surface area (Å²) in [6.07, 6.45) is 0.252. The van der Waals surface area contributed by atoms with E-state index < -0.39 is 59.1 Å². The van der Waals surface area contributed by atoms with Crippen LogP contribution < -0.4 is 27.0 Å². The van der Waals surface area contributed by atoms with Gasteiger partial charge in [0.05, 0.1) is 34.8 Å². The van der Waals surface area contributed by atoms with Crippen LogP contribution in [0.25, 0.3) is 10.4 Å². The fourth-order valence-electron chi connectivity index (χ4n) is 7.06. The summed E-state index contributed by atoms with van der Waals surface area (Å²) < 4.78 is 5.28. The molecule has 61 heavy (non-hydrogen) atoms. The highest BCUT2D eigenvalue weighted by Gasteiger charge is 2.44. The van der Waals surface area contributed by atoms with Crippen LogP contribution in [-0.2, 0) is 35.1 Å². The molecule has 0 spiro atoms. The minimum absolute atomic E-state index is 0.000494. The molecule has 5 atom stereocenters. The fraction of sp³-hybridized carbons (Fsp3) is 0.533. The Hall–Kier alpha value is -5.19. The molecule has 1 saturated heterocycles. The molecule has 0 radical (unpaired) electrons. The number of nitrogens with zero attached hydrogens (tertiary/aromatic N) is 2. The van der Waals surface area contributed by atoms with Gasteiger partial charge in [0.15, 0.2) is 5.78 Å². The summed E-state index contributed by atoms with van der Waals surface area (Å²) >= 11 is 1.59. The number of β-amino-alcohol motifs (C(OH)–C–C–N with tert-alkyl or cyclic N) is 1. The summed E-state index contributed by atoms with van der Waals surface area (Å²) in [6.45, 7) is 14.6. The zero-order chi connectivity index (χ0) is 45.1. The van der Waals surface area contributed by atoms with Gasteiger partial charge < -0.3 is 41.7 Å². The summed E-state index contributed by atoms with van der Waals surface area (Å²) in [5.74, 6) is -2.06. The van der Waals surface area contributed by atoms with Crippen LogP contribution in [-0.4, -0.2) is 93.4 Å². The lowest BCUT2D eigenvalue weighted by molar-refractivity contribution is -0.143. The van der Waals surface area contributed by atoms with E-state index in [4.69, 9.17) is 10.5 Å². The third kappa shape index (κ3) is 15.0. The number of thiazole rings is 1. The molecule has 0 unspecified atom stereocenters. The number of alkyl carbamates (subject to hydrolysis) is 1. The van der Waals surface area contributed by atoms with E-state index in [1.807, 2.05) is 70.5 Å². The lowest BCUT2D eigenvalue weighted by atomic mass is 9.85. The first-order valence-electron chi connectivity index (χ1n) is 20.8. The van der Waals surface area contributed by atoms with Gasteiger partial charge in [-0.1, -0.05) is 57.2 Å². The van der Waals surface area contributed by atoms with Crippen molar-refractivity contribution in [2.45, 2.75) is 136 Å². The molecule has 15 nitrogen and oxygen atoms in total. The second-order valence-corrected chi connectivity index (χ2v) is 18.7. The Kier molecular flexibility index (Phi) is 17.1. The van der Waals surface area contributed by atoms with Gasteiger partial charge in [-0.15, -0.1) is 11.3 Å². The maximum atomic E-state index is 14.1. The molecule has 1 fully saturated rings. The predicted molar refractivity (Wildman–Crippen MR) is 235 cm³/mol. The SMILES string of the molecule is Cc1ncsc1-c1ccc([C@H](C)NCC(=O)[C@@H]2C[C@@H](O)CN2C(=O)[C@@H](NC(=O)CCCCc2cccc(NC(=O)[C@H](CCC(N)=O)NC(=O)OC(C)(C)C)c2)C(C)(C)C)cc1. The zero-order valence-electron chi connectivity index (χ0n) is 36.6. The van der Waals surface area contributed by atoms with Crippen molar-refractivity contribution in [2.24, 2.45) is 11.1 Å². The van der Waals surface area contributed by atoms with E-state index in [2.05, 4.69) is 26.3 Å². The number of aliphatic hydroxyl groups excluding tert-OH is 1. The number of anilines is 1. The van der Waals surface area contributed by atoms with Gasteiger partial charge in [0.1, 0.15) is 17.7 Å². The first-order valence-corrected chi connectivity index (χ1v) is 21.7. The van der Waals surface area contributed by atoms with Crippen molar-refractivity contribution in [1.82, 2.24) is 25.8 Å². The molecule has 16 heteroatoms. The number of benzene rings is 2. The topological polar surface area (TPSA) is 222 Å². The third-order valence-corrected chi connectivity index (χ3v) is 11.3. The first kappa shape index (κ1) is 48.5. The van der Waals surface area contributed by atoms with E-state index in [-0.39, 0.29) is 56.5 Å². The van der Waals surface area contributed by atoms with Crippen LogP contribution in [0.2, 0.25) is 0 Å². The molecule has 332 valence electrons. The number of nitrogens with two attached hydrogens (primary N) is 1. The molecule has 2 heterocycles. The number of ether oxygens (including phenoxy) is 1. The Morgan fingerprint density at radius 1 is 0.984 bits per heavy atom. The summed E-state index contributed by atoms with van der Waals surface area (Å²) in [4.78, 5) is 84.8. The smallest absolute Gasteiger partial charge is 0.408 e. The molecule has 5 amide bonds. The van der Waals surface area contributed by atoms with Crippen molar-refractivity contribution in [2.75, 3.05) is 18.4 Å². The molecular formula is C45H63N7O8S. The number of likely N-dealkylation sites (tertiary alicyclic amines) is 1. The number of Topliss-reactive ketones (excluding diaryl/α,β-unsaturated/α-hetero) is 1. The minimum Gasteiger partial charge on any atom is -0.444 e. The number of hydrogen-bond donors (Lipinski definition) is 6. The average Bonchev–Trinajstić information content (AvgIpc) is 3.79. The second-order valence-electron chi connectivity index (χ2n) is 17.8. The summed E-state index contributed by atoms with van der Waals surface area (Å²) in [5, 5.41) is 22.1. The highest BCUT2D eigenvalue weighted by molar-refractivity contribution is 7.13. The number of nitrogens with one attached hydrogen (secondary N) is 4. The molecule has 1 aliphatic heterocycles. The summed E-state index contributed by atoms with van der Waals surface area (Å²) in [6, 6.07) is 12.3. The van der Waals surface area contributed by atoms with E-state index in [0.29, 0.717) is 24.9 Å². The van der Waals surface area contributed by atoms with Crippen molar-refractivity contribution in [3.05, 3.63) is 70.9 Å². The van der Waals surface area contributed by atoms with Crippen molar-refractivity contribution in [3.63, 3.8) is 0 Å². The predicted octanol–water partition coefficient (Wildman–Crippen LogP) is 5.34. The van der Waals surface area contributed by atoms with Gasteiger partial charge in [-0.05, 0) is 94.5 Å². The normalized spacial score (nSPS) is 16.9. The van der Waals surface area contributed by atoms with Crippen molar-refractivity contribution < 1.29 is 38.6 Å². The number of aliphatic hydroxyl groups is 1. The number of aryl methyl sites for hydroxylation is 2. The lowest BCUT2D eigenvalue weighted by Gasteiger charge is -2.35. The maximum absolute atomic E-state index is 14.1. The van der Waals surface area contributed by atoms with Crippen LogP contribution in [0.3, 0.4) is 0 Å². The van der Waals surface area contributed by atoms with Gasteiger partial charge in [0.2, 0.25) is 23.6 Å². The van der Waals surface area contributed by atoms with Gasteiger partial charge in [-0.2, -0.15) is 0 Å². The number of amides is 5. The van der Waals surface area contributed by atoms with E-state index in [1.165, 1.54) is 4.90 Å². The highest BCUT2D eigenvalue weighted by atomic mass is 32.1. The molecule has 4 rings (SSSR count). The number of hydrogen-bond acceptors (Lipinski definition) is 11. The quantitative estimate of drug-likeness (QED) is 0.0850. The van der Waals surface area contributed by atoms with E-state index in [9.17, 15) is 33.9 Å². The molecule has 0 bridgehead atoms. The number of primary amides is 1. The van der Waals surface area contributed by atoms with Crippen LogP contribution in [0.15, 0.2) is 54.0 Å². The van der Waals surface area contributed by atoms with Gasteiger partial charge in [0.25, 0.3) is 0 Å². The van der Waals surface area contributed by atoms with Crippen LogP contribution in [0.5, 0.6) is 0 Å². The molecule has 1 aliphatic rings. The van der Waals surface area contributed by atoms with Gasteiger partial charge in [0, 0.05) is 37.5 Å². The standard InChI is InChI=1S/C45H63N7O8S/c1-27(30-16-18-31(19-17-30)39-28(2)48-26-61-39)47-24-36(54)35-23-33(53)25-52(35)42(58)40(44(3,4)5)51-38(56)15-10-9-12-29-13-11-14-32(22-29)49-41(57)34(20-21-37(46)55)50-43(59)60-45(6,7)8/h11,13-14,16-19,22,26-27,33-35,40,47,53H,9-10,12,15,20-21,23-25H2,1-8H3,(H2,46,55)(H,49,57)(H,50,59)(H,51,56)/t27-,33+,34-,35-,40+/m0/s1.